The molecule has 0 aromatic heterocycles. The van der Waals surface area contributed by atoms with Gasteiger partial charge in [0.05, 0.1) is 6.10 Å². The Bertz CT molecular complexity index is 145. The number of aliphatic carboxylic acids is 1. The average molecular weight is 162 g/mol. The molecule has 4 heteroatoms. The number of ether oxygens (including phenoxy) is 2. The second kappa shape index (κ2) is 3.69. The van der Waals surface area contributed by atoms with Crippen LogP contribution in [0.3, 0.4) is 0 Å². The smallest absolute Gasteiger partial charge is 0.338 e. The Hall–Kier alpha value is -0.610. The normalized spacial score (nSPS) is 18.9. The molecule has 0 saturated carbocycles. The van der Waals surface area contributed by atoms with Crippen molar-refractivity contribution in [3.8, 4) is 0 Å². The highest BCUT2D eigenvalue weighted by atomic mass is 16.6. The van der Waals surface area contributed by atoms with Crippen molar-refractivity contribution < 1.29 is 19.4 Å². The van der Waals surface area contributed by atoms with Crippen molar-refractivity contribution in [1.82, 2.24) is 0 Å². The van der Waals surface area contributed by atoms with Crippen LogP contribution in [-0.2, 0) is 14.3 Å². The van der Waals surface area contributed by atoms with E-state index in [1.807, 2.05) is 0 Å². The van der Waals surface area contributed by atoms with E-state index in [1.165, 1.54) is 21.1 Å². The Kier molecular flexibility index (Phi) is 3.48. The van der Waals surface area contributed by atoms with Crippen molar-refractivity contribution in [2.75, 3.05) is 14.2 Å². The third-order valence-corrected chi connectivity index (χ3v) is 1.98. The summed E-state index contributed by atoms with van der Waals surface area (Å²) in [6, 6.07) is 0. The minimum atomic E-state index is -1.26. The van der Waals surface area contributed by atoms with Gasteiger partial charge >= 0.3 is 5.97 Å². The molecule has 0 radical (unpaired) electrons. The molecule has 1 N–H and O–H groups in total. The molecular weight excluding hydrogens is 148 g/mol. The predicted molar refractivity (Wildman–Crippen MR) is 39.5 cm³/mol. The fraction of sp³-hybridized carbons (Fsp3) is 0.857. The highest BCUT2D eigenvalue weighted by molar-refractivity contribution is 5.77. The summed E-state index contributed by atoms with van der Waals surface area (Å²) in [6.45, 7) is 3.13. The van der Waals surface area contributed by atoms with E-state index in [-0.39, 0.29) is 0 Å². The van der Waals surface area contributed by atoms with E-state index in [0.29, 0.717) is 0 Å². The number of hydrogen-bond donors (Lipinski definition) is 1. The largest absolute Gasteiger partial charge is 0.479 e. The van der Waals surface area contributed by atoms with Gasteiger partial charge in [-0.05, 0) is 13.8 Å². The van der Waals surface area contributed by atoms with Gasteiger partial charge < -0.3 is 14.6 Å². The number of methoxy groups -OCH3 is 2. The Balaban J connectivity index is 4.45. The van der Waals surface area contributed by atoms with Gasteiger partial charge in [-0.1, -0.05) is 0 Å². The van der Waals surface area contributed by atoms with Gasteiger partial charge in [0.2, 0.25) is 0 Å². The molecule has 0 fully saturated rings. The summed E-state index contributed by atoms with van der Waals surface area (Å²) >= 11 is 0. The summed E-state index contributed by atoms with van der Waals surface area (Å²) in [7, 11) is 2.80. The molecule has 0 aromatic carbocycles. The fourth-order valence-corrected chi connectivity index (χ4v) is 0.652. The van der Waals surface area contributed by atoms with Gasteiger partial charge in [-0.2, -0.15) is 0 Å². The summed E-state index contributed by atoms with van der Waals surface area (Å²) in [6.07, 6.45) is -0.468. The SMILES string of the molecule is COC(C)C(C)(OC)C(=O)O. The number of rotatable bonds is 4. The maximum absolute atomic E-state index is 10.6. The summed E-state index contributed by atoms with van der Waals surface area (Å²) in [5, 5.41) is 8.73. The van der Waals surface area contributed by atoms with Crippen LogP contribution < -0.4 is 0 Å². The van der Waals surface area contributed by atoms with Crippen molar-refractivity contribution in [2.45, 2.75) is 25.6 Å². The molecule has 0 aliphatic rings. The second-order valence-electron chi connectivity index (χ2n) is 2.49. The number of carbonyl (C=O) groups is 1. The Morgan fingerprint density at radius 1 is 1.55 bits per heavy atom. The van der Waals surface area contributed by atoms with Crippen LogP contribution in [0.25, 0.3) is 0 Å². The summed E-state index contributed by atoms with van der Waals surface area (Å²) < 4.78 is 9.69. The quantitative estimate of drug-likeness (QED) is 0.654. The molecule has 0 aliphatic carbocycles. The van der Waals surface area contributed by atoms with E-state index in [4.69, 9.17) is 14.6 Å². The first-order chi connectivity index (χ1) is 4.99. The van der Waals surface area contributed by atoms with E-state index in [9.17, 15) is 4.79 Å². The molecular formula is C7H14O4. The molecule has 0 heterocycles. The molecule has 4 nitrogen and oxygen atoms in total. The highest BCUT2D eigenvalue weighted by Gasteiger charge is 2.39. The molecule has 0 aliphatic heterocycles. The minimum Gasteiger partial charge on any atom is -0.479 e. The van der Waals surface area contributed by atoms with Gasteiger partial charge in [0.25, 0.3) is 0 Å². The number of carboxylic acid groups (broad SMARTS) is 1. The van der Waals surface area contributed by atoms with Crippen LogP contribution in [-0.4, -0.2) is 37.0 Å². The Labute approximate surface area is 66.1 Å². The minimum absolute atomic E-state index is 0.468. The van der Waals surface area contributed by atoms with Gasteiger partial charge in [-0.3, -0.25) is 0 Å². The fourth-order valence-electron chi connectivity index (χ4n) is 0.652. The van der Waals surface area contributed by atoms with E-state index in [2.05, 4.69) is 0 Å². The van der Waals surface area contributed by atoms with E-state index in [1.54, 1.807) is 6.92 Å². The van der Waals surface area contributed by atoms with Crippen LogP contribution in [0, 0.1) is 0 Å². The zero-order chi connectivity index (χ0) is 9.07. The van der Waals surface area contributed by atoms with Crippen LogP contribution in [0.1, 0.15) is 13.8 Å². The van der Waals surface area contributed by atoms with Crippen LogP contribution in [0.15, 0.2) is 0 Å². The van der Waals surface area contributed by atoms with Gasteiger partial charge in [-0.15, -0.1) is 0 Å². The van der Waals surface area contributed by atoms with E-state index < -0.39 is 17.7 Å². The van der Waals surface area contributed by atoms with Gasteiger partial charge in [0.1, 0.15) is 0 Å². The van der Waals surface area contributed by atoms with Crippen molar-refractivity contribution >= 4 is 5.97 Å². The third-order valence-electron chi connectivity index (χ3n) is 1.98. The first-order valence-corrected chi connectivity index (χ1v) is 3.30. The zero-order valence-electron chi connectivity index (χ0n) is 7.25. The van der Waals surface area contributed by atoms with E-state index >= 15 is 0 Å². The predicted octanol–water partition coefficient (Wildman–Crippen LogP) is 0.511. The van der Waals surface area contributed by atoms with Crippen LogP contribution in [0.5, 0.6) is 0 Å². The van der Waals surface area contributed by atoms with Crippen LogP contribution in [0.2, 0.25) is 0 Å². The zero-order valence-corrected chi connectivity index (χ0v) is 7.25. The van der Waals surface area contributed by atoms with Crippen molar-refractivity contribution in [3.63, 3.8) is 0 Å². The molecule has 0 saturated heterocycles. The molecule has 0 spiro atoms. The third kappa shape index (κ3) is 1.91. The van der Waals surface area contributed by atoms with Crippen LogP contribution >= 0.6 is 0 Å². The van der Waals surface area contributed by atoms with Gasteiger partial charge in [0, 0.05) is 14.2 Å². The second-order valence-corrected chi connectivity index (χ2v) is 2.49. The lowest BCUT2D eigenvalue weighted by Crippen LogP contribution is -2.47. The first kappa shape index (κ1) is 10.4. The average Bonchev–Trinajstić information content (AvgIpc) is 2.01. The maximum atomic E-state index is 10.6. The van der Waals surface area contributed by atoms with Crippen molar-refractivity contribution in [3.05, 3.63) is 0 Å². The van der Waals surface area contributed by atoms with Crippen molar-refractivity contribution in [2.24, 2.45) is 0 Å². The lowest BCUT2D eigenvalue weighted by molar-refractivity contribution is -0.175. The van der Waals surface area contributed by atoms with Gasteiger partial charge in [0.15, 0.2) is 5.60 Å². The molecule has 66 valence electrons. The molecule has 0 bridgehead atoms. The topological polar surface area (TPSA) is 55.8 Å². The summed E-state index contributed by atoms with van der Waals surface area (Å²) in [4.78, 5) is 10.6. The summed E-state index contributed by atoms with van der Waals surface area (Å²) in [5.74, 6) is -1.02. The first-order valence-electron chi connectivity index (χ1n) is 3.30. The number of hydrogen-bond acceptors (Lipinski definition) is 3. The molecule has 2 unspecified atom stereocenters. The Morgan fingerprint density at radius 2 is 2.00 bits per heavy atom. The van der Waals surface area contributed by atoms with E-state index in [0.717, 1.165) is 0 Å². The molecule has 0 amide bonds. The molecule has 2 atom stereocenters. The van der Waals surface area contributed by atoms with Gasteiger partial charge in [-0.25, -0.2) is 4.79 Å². The molecule has 0 rings (SSSR count). The highest BCUT2D eigenvalue weighted by Crippen LogP contribution is 2.16. The molecule has 11 heavy (non-hydrogen) atoms. The number of carboxylic acids is 1. The molecule has 0 aromatic rings. The maximum Gasteiger partial charge on any atom is 0.338 e. The lowest BCUT2D eigenvalue weighted by Gasteiger charge is -2.28. The standard InChI is InChI=1S/C7H14O4/c1-5(10-3)7(2,11-4)6(8)9/h5H,1-4H3,(H,8,9). The summed E-state index contributed by atoms with van der Waals surface area (Å²) in [5.41, 5.74) is -1.26. The Morgan fingerprint density at radius 3 is 2.09 bits per heavy atom. The van der Waals surface area contributed by atoms with Crippen LogP contribution in [0.4, 0.5) is 0 Å². The lowest BCUT2D eigenvalue weighted by atomic mass is 10.0. The van der Waals surface area contributed by atoms with Crippen molar-refractivity contribution in [1.29, 1.82) is 0 Å². The monoisotopic (exact) mass is 162 g/mol.